The van der Waals surface area contributed by atoms with Gasteiger partial charge in [0.05, 0.1) is 12.8 Å². The summed E-state index contributed by atoms with van der Waals surface area (Å²) in [4.78, 5) is 6.81. The number of hydrogen-bond acceptors (Lipinski definition) is 4. The average Bonchev–Trinajstić information content (AvgIpc) is 2.40. The van der Waals surface area contributed by atoms with Crippen molar-refractivity contribution in [1.82, 2.24) is 15.2 Å². The van der Waals surface area contributed by atoms with Gasteiger partial charge in [-0.2, -0.15) is 0 Å². The Morgan fingerprint density at radius 1 is 1.53 bits per heavy atom. The lowest BCUT2D eigenvalue weighted by molar-refractivity contribution is 0.193. The maximum absolute atomic E-state index is 5.14. The number of methoxy groups -OCH3 is 1. The Bertz CT molecular complexity index is 350. The van der Waals surface area contributed by atoms with Crippen LogP contribution >= 0.6 is 0 Å². The molecule has 1 aliphatic rings. The molecule has 0 spiro atoms. The van der Waals surface area contributed by atoms with Crippen molar-refractivity contribution >= 4 is 0 Å². The Labute approximate surface area is 103 Å². The molecular formula is C13H21N3O. The van der Waals surface area contributed by atoms with E-state index in [0.717, 1.165) is 25.3 Å². The van der Waals surface area contributed by atoms with Gasteiger partial charge in [0.15, 0.2) is 0 Å². The van der Waals surface area contributed by atoms with E-state index in [9.17, 15) is 0 Å². The summed E-state index contributed by atoms with van der Waals surface area (Å²) in [6.07, 6.45) is 2.54. The Kier molecular flexibility index (Phi) is 4.34. The summed E-state index contributed by atoms with van der Waals surface area (Å²) in [5.74, 6) is 0.692. The molecule has 1 atom stereocenters. The second kappa shape index (κ2) is 5.98. The molecule has 17 heavy (non-hydrogen) atoms. The monoisotopic (exact) mass is 235 g/mol. The summed E-state index contributed by atoms with van der Waals surface area (Å²) in [5.41, 5.74) is 1.07. The topological polar surface area (TPSA) is 37.4 Å². The summed E-state index contributed by atoms with van der Waals surface area (Å²) in [7, 11) is 3.82. The van der Waals surface area contributed by atoms with E-state index in [1.807, 2.05) is 12.1 Å². The molecule has 1 aromatic rings. The lowest BCUT2D eigenvalue weighted by Gasteiger charge is -2.31. The number of piperidine rings is 1. The normalized spacial score (nSPS) is 20.5. The highest BCUT2D eigenvalue weighted by Crippen LogP contribution is 2.13. The van der Waals surface area contributed by atoms with Crippen molar-refractivity contribution in [2.24, 2.45) is 0 Å². The number of pyridine rings is 1. The minimum absolute atomic E-state index is 0.622. The molecule has 0 amide bonds. The first-order valence-corrected chi connectivity index (χ1v) is 6.20. The lowest BCUT2D eigenvalue weighted by atomic mass is 10.1. The fourth-order valence-corrected chi connectivity index (χ4v) is 2.25. The van der Waals surface area contributed by atoms with Crippen molar-refractivity contribution in [2.45, 2.75) is 25.4 Å². The molecule has 0 radical (unpaired) electrons. The van der Waals surface area contributed by atoms with Crippen molar-refractivity contribution in [3.05, 3.63) is 23.9 Å². The molecule has 0 saturated carbocycles. The van der Waals surface area contributed by atoms with E-state index < -0.39 is 0 Å². The van der Waals surface area contributed by atoms with Gasteiger partial charge in [0, 0.05) is 25.2 Å². The second-order valence-corrected chi connectivity index (χ2v) is 4.59. The first kappa shape index (κ1) is 12.3. The molecule has 0 aliphatic carbocycles. The number of likely N-dealkylation sites (N-methyl/N-ethyl adjacent to an activating group) is 1. The van der Waals surface area contributed by atoms with E-state index in [2.05, 4.69) is 28.3 Å². The average molecular weight is 235 g/mol. The molecule has 94 valence electrons. The fourth-order valence-electron chi connectivity index (χ4n) is 2.25. The Hall–Kier alpha value is -1.13. The van der Waals surface area contributed by atoms with E-state index in [1.54, 1.807) is 7.11 Å². The van der Waals surface area contributed by atoms with Gasteiger partial charge in [-0.25, -0.2) is 4.98 Å². The van der Waals surface area contributed by atoms with E-state index in [-0.39, 0.29) is 0 Å². The predicted molar refractivity (Wildman–Crippen MR) is 68.1 cm³/mol. The zero-order valence-electron chi connectivity index (χ0n) is 10.6. The summed E-state index contributed by atoms with van der Waals surface area (Å²) in [5, 5.41) is 3.44. The molecule has 1 aliphatic heterocycles. The van der Waals surface area contributed by atoms with Gasteiger partial charge >= 0.3 is 0 Å². The van der Waals surface area contributed by atoms with E-state index in [0.29, 0.717) is 11.9 Å². The van der Waals surface area contributed by atoms with Crippen LogP contribution < -0.4 is 10.1 Å². The number of ether oxygens (including phenoxy) is 1. The summed E-state index contributed by atoms with van der Waals surface area (Å²) in [6, 6.07) is 6.55. The Morgan fingerprint density at radius 2 is 2.41 bits per heavy atom. The van der Waals surface area contributed by atoms with Gasteiger partial charge < -0.3 is 10.1 Å². The van der Waals surface area contributed by atoms with Gasteiger partial charge in [-0.15, -0.1) is 0 Å². The molecule has 4 nitrogen and oxygen atoms in total. The van der Waals surface area contributed by atoms with Crippen molar-refractivity contribution in [3.8, 4) is 5.88 Å². The number of nitrogens with zero attached hydrogens (tertiary/aromatic N) is 2. The Balaban J connectivity index is 1.94. The number of nitrogens with one attached hydrogen (secondary N) is 1. The van der Waals surface area contributed by atoms with Crippen LogP contribution in [0.5, 0.6) is 5.88 Å². The van der Waals surface area contributed by atoms with E-state index >= 15 is 0 Å². The number of rotatable bonds is 4. The third kappa shape index (κ3) is 3.41. The molecule has 1 aromatic heterocycles. The molecule has 1 N–H and O–H groups in total. The standard InChI is InChI=1S/C13H21N3O/c1-16(12-6-4-8-14-9-12)10-11-5-3-7-13(15-11)17-2/h3,5,7,12,14H,4,6,8-10H2,1-2H3. The molecule has 0 bridgehead atoms. The highest BCUT2D eigenvalue weighted by molar-refractivity contribution is 5.15. The molecule has 1 saturated heterocycles. The van der Waals surface area contributed by atoms with Crippen LogP contribution in [0.15, 0.2) is 18.2 Å². The van der Waals surface area contributed by atoms with Crippen molar-refractivity contribution < 1.29 is 4.74 Å². The van der Waals surface area contributed by atoms with Gasteiger partial charge in [0.1, 0.15) is 0 Å². The lowest BCUT2D eigenvalue weighted by Crippen LogP contribution is -2.43. The van der Waals surface area contributed by atoms with Gasteiger partial charge in [0.25, 0.3) is 0 Å². The smallest absolute Gasteiger partial charge is 0.213 e. The van der Waals surface area contributed by atoms with Crippen molar-refractivity contribution in [2.75, 3.05) is 27.2 Å². The predicted octanol–water partition coefficient (Wildman–Crippen LogP) is 1.27. The minimum atomic E-state index is 0.622. The molecular weight excluding hydrogens is 214 g/mol. The first-order chi connectivity index (χ1) is 8.29. The number of aromatic nitrogens is 1. The zero-order valence-corrected chi connectivity index (χ0v) is 10.6. The largest absolute Gasteiger partial charge is 0.481 e. The minimum Gasteiger partial charge on any atom is -0.481 e. The zero-order chi connectivity index (χ0) is 12.1. The first-order valence-electron chi connectivity index (χ1n) is 6.20. The van der Waals surface area contributed by atoms with Gasteiger partial charge in [-0.05, 0) is 32.5 Å². The third-order valence-electron chi connectivity index (χ3n) is 3.30. The van der Waals surface area contributed by atoms with Gasteiger partial charge in [0.2, 0.25) is 5.88 Å². The van der Waals surface area contributed by atoms with Crippen LogP contribution in [-0.4, -0.2) is 43.2 Å². The van der Waals surface area contributed by atoms with Gasteiger partial charge in [-0.1, -0.05) is 6.07 Å². The molecule has 1 fully saturated rings. The Morgan fingerprint density at radius 3 is 3.12 bits per heavy atom. The summed E-state index contributed by atoms with van der Waals surface area (Å²) >= 11 is 0. The molecule has 4 heteroatoms. The van der Waals surface area contributed by atoms with E-state index in [4.69, 9.17) is 4.74 Å². The van der Waals surface area contributed by atoms with Crippen molar-refractivity contribution in [3.63, 3.8) is 0 Å². The van der Waals surface area contributed by atoms with Crippen LogP contribution in [0.1, 0.15) is 18.5 Å². The highest BCUT2D eigenvalue weighted by Gasteiger charge is 2.17. The van der Waals surface area contributed by atoms with Crippen LogP contribution in [0.4, 0.5) is 0 Å². The van der Waals surface area contributed by atoms with Crippen LogP contribution in [-0.2, 0) is 6.54 Å². The third-order valence-corrected chi connectivity index (χ3v) is 3.30. The van der Waals surface area contributed by atoms with Crippen molar-refractivity contribution in [1.29, 1.82) is 0 Å². The number of hydrogen-bond donors (Lipinski definition) is 1. The van der Waals surface area contributed by atoms with Crippen LogP contribution in [0.2, 0.25) is 0 Å². The highest BCUT2D eigenvalue weighted by atomic mass is 16.5. The van der Waals surface area contributed by atoms with Crippen LogP contribution in [0.25, 0.3) is 0 Å². The molecule has 2 heterocycles. The molecule has 2 rings (SSSR count). The van der Waals surface area contributed by atoms with Gasteiger partial charge in [-0.3, -0.25) is 4.90 Å². The van der Waals surface area contributed by atoms with Crippen LogP contribution in [0.3, 0.4) is 0 Å². The maximum Gasteiger partial charge on any atom is 0.213 e. The second-order valence-electron chi connectivity index (χ2n) is 4.59. The van der Waals surface area contributed by atoms with E-state index in [1.165, 1.54) is 12.8 Å². The fraction of sp³-hybridized carbons (Fsp3) is 0.615. The molecule has 1 unspecified atom stereocenters. The SMILES string of the molecule is COc1cccc(CN(C)C2CCCNC2)n1. The summed E-state index contributed by atoms with van der Waals surface area (Å²) < 4.78 is 5.14. The van der Waals surface area contributed by atoms with Crippen LogP contribution in [0, 0.1) is 0 Å². The quantitative estimate of drug-likeness (QED) is 0.853. The maximum atomic E-state index is 5.14. The summed E-state index contributed by atoms with van der Waals surface area (Å²) in [6.45, 7) is 3.12. The molecule has 0 aromatic carbocycles.